The minimum Gasteiger partial charge on any atom is -0.310 e. The van der Waals surface area contributed by atoms with E-state index in [9.17, 15) is 4.79 Å². The summed E-state index contributed by atoms with van der Waals surface area (Å²) in [5.74, 6) is 0. The second-order valence-electron chi connectivity index (χ2n) is 3.75. The lowest BCUT2D eigenvalue weighted by Gasteiger charge is -2.24. The Labute approximate surface area is 84.3 Å². The first-order chi connectivity index (χ1) is 6.92. The highest BCUT2D eigenvalue weighted by atomic mass is 16.1. The Bertz CT molecular complexity index is 316. The Morgan fingerprint density at radius 1 is 1.29 bits per heavy atom. The number of carbonyl (C=O) groups excluding carboxylic acids is 1. The van der Waals surface area contributed by atoms with Gasteiger partial charge in [-0.2, -0.15) is 0 Å². The third-order valence-electron chi connectivity index (χ3n) is 2.81. The number of hydrogen-bond donors (Lipinski definition) is 1. The second kappa shape index (κ2) is 4.38. The summed E-state index contributed by atoms with van der Waals surface area (Å²) in [4.78, 5) is 10.8. The topological polar surface area (TPSA) is 29.1 Å². The van der Waals surface area contributed by atoms with Gasteiger partial charge in [-0.25, -0.2) is 0 Å². The van der Waals surface area contributed by atoms with Gasteiger partial charge in [0.2, 0.25) is 0 Å². The summed E-state index contributed by atoms with van der Waals surface area (Å²) < 4.78 is 0. The fourth-order valence-electron chi connectivity index (χ4n) is 2.05. The molecule has 0 saturated carbocycles. The van der Waals surface area contributed by atoms with Gasteiger partial charge in [0.15, 0.2) is 0 Å². The van der Waals surface area contributed by atoms with Gasteiger partial charge >= 0.3 is 0 Å². The number of nitrogens with one attached hydrogen (secondary N) is 1. The zero-order valence-corrected chi connectivity index (χ0v) is 8.20. The molecule has 0 radical (unpaired) electrons. The molecular weight excluding hydrogens is 174 g/mol. The molecule has 0 amide bonds. The second-order valence-corrected chi connectivity index (χ2v) is 3.75. The monoisotopic (exact) mass is 189 g/mol. The largest absolute Gasteiger partial charge is 0.310 e. The fraction of sp³-hybridized carbons (Fsp3) is 0.417. The molecule has 1 unspecified atom stereocenters. The molecule has 0 spiro atoms. The molecule has 1 aliphatic rings. The van der Waals surface area contributed by atoms with E-state index in [1.54, 1.807) is 0 Å². The molecule has 1 saturated heterocycles. The standard InChI is InChI=1S/C12H15NO/c14-9-10-5-1-2-6-11(10)12-7-3-4-8-13-12/h1-2,5-6,9,12-13H,3-4,7-8H2. The van der Waals surface area contributed by atoms with Gasteiger partial charge in [-0.1, -0.05) is 30.7 Å². The first-order valence-electron chi connectivity index (χ1n) is 5.19. The third kappa shape index (κ3) is 1.85. The van der Waals surface area contributed by atoms with Crippen molar-refractivity contribution in [1.82, 2.24) is 5.32 Å². The lowest BCUT2D eigenvalue weighted by molar-refractivity contribution is 0.112. The first-order valence-corrected chi connectivity index (χ1v) is 5.19. The Morgan fingerprint density at radius 2 is 2.14 bits per heavy atom. The van der Waals surface area contributed by atoms with Gasteiger partial charge in [0, 0.05) is 11.6 Å². The summed E-state index contributed by atoms with van der Waals surface area (Å²) in [5.41, 5.74) is 1.98. The maximum atomic E-state index is 10.8. The van der Waals surface area contributed by atoms with Crippen molar-refractivity contribution in [2.75, 3.05) is 6.54 Å². The van der Waals surface area contributed by atoms with Crippen LogP contribution in [0.4, 0.5) is 0 Å². The normalized spacial score (nSPS) is 21.9. The smallest absolute Gasteiger partial charge is 0.150 e. The van der Waals surface area contributed by atoms with Gasteiger partial charge in [-0.15, -0.1) is 0 Å². The van der Waals surface area contributed by atoms with Crippen LogP contribution < -0.4 is 5.32 Å². The van der Waals surface area contributed by atoms with Crippen LogP contribution in [0.2, 0.25) is 0 Å². The number of aldehydes is 1. The number of carbonyl (C=O) groups is 1. The van der Waals surface area contributed by atoms with Crippen molar-refractivity contribution in [1.29, 1.82) is 0 Å². The van der Waals surface area contributed by atoms with Crippen molar-refractivity contribution in [2.45, 2.75) is 25.3 Å². The predicted octanol–water partition coefficient (Wildman–Crippen LogP) is 2.31. The summed E-state index contributed by atoms with van der Waals surface area (Å²) in [5, 5.41) is 3.45. The molecule has 1 N–H and O–H groups in total. The van der Waals surface area contributed by atoms with Crippen molar-refractivity contribution < 1.29 is 4.79 Å². The van der Waals surface area contributed by atoms with Crippen LogP contribution in [0.1, 0.15) is 41.2 Å². The summed E-state index contributed by atoms with van der Waals surface area (Å²) >= 11 is 0. The van der Waals surface area contributed by atoms with E-state index in [4.69, 9.17) is 0 Å². The highest BCUT2D eigenvalue weighted by Gasteiger charge is 2.16. The number of piperidine rings is 1. The summed E-state index contributed by atoms with van der Waals surface area (Å²) in [6, 6.07) is 8.23. The molecule has 14 heavy (non-hydrogen) atoms. The van der Waals surface area contributed by atoms with Gasteiger partial charge in [0.25, 0.3) is 0 Å². The van der Waals surface area contributed by atoms with Crippen LogP contribution in [0.5, 0.6) is 0 Å². The Kier molecular flexibility index (Phi) is 2.94. The Hall–Kier alpha value is -1.15. The van der Waals surface area contributed by atoms with Gasteiger partial charge in [0.1, 0.15) is 6.29 Å². The molecule has 2 heteroatoms. The van der Waals surface area contributed by atoms with Crippen molar-refractivity contribution in [3.8, 4) is 0 Å². The number of benzene rings is 1. The molecule has 0 aliphatic carbocycles. The molecule has 0 bridgehead atoms. The zero-order valence-electron chi connectivity index (χ0n) is 8.20. The Balaban J connectivity index is 2.24. The number of hydrogen-bond acceptors (Lipinski definition) is 2. The molecule has 1 aromatic carbocycles. The summed E-state index contributed by atoms with van der Waals surface area (Å²) in [6.07, 6.45) is 4.60. The highest BCUT2D eigenvalue weighted by Crippen LogP contribution is 2.24. The van der Waals surface area contributed by atoms with E-state index in [0.29, 0.717) is 6.04 Å². The van der Waals surface area contributed by atoms with Crippen LogP contribution in [-0.4, -0.2) is 12.8 Å². The molecule has 0 aromatic heterocycles. The minimum atomic E-state index is 0.380. The molecule has 74 valence electrons. The van der Waals surface area contributed by atoms with Crippen LogP contribution >= 0.6 is 0 Å². The van der Waals surface area contributed by atoms with Crippen LogP contribution in [-0.2, 0) is 0 Å². The van der Waals surface area contributed by atoms with Crippen molar-refractivity contribution in [2.24, 2.45) is 0 Å². The average molecular weight is 189 g/mol. The fourth-order valence-corrected chi connectivity index (χ4v) is 2.05. The number of rotatable bonds is 2. The molecule has 1 fully saturated rings. The van der Waals surface area contributed by atoms with E-state index < -0.39 is 0 Å². The van der Waals surface area contributed by atoms with Crippen molar-refractivity contribution in [3.05, 3.63) is 35.4 Å². The first kappa shape index (κ1) is 9.41. The van der Waals surface area contributed by atoms with Gasteiger partial charge < -0.3 is 5.32 Å². The highest BCUT2D eigenvalue weighted by molar-refractivity contribution is 5.77. The maximum Gasteiger partial charge on any atom is 0.150 e. The van der Waals surface area contributed by atoms with Gasteiger partial charge in [-0.05, 0) is 24.9 Å². The molecule has 1 heterocycles. The van der Waals surface area contributed by atoms with Crippen LogP contribution in [0.3, 0.4) is 0 Å². The molecule has 1 aliphatic heterocycles. The summed E-state index contributed by atoms with van der Waals surface area (Å²) in [7, 11) is 0. The van der Waals surface area contributed by atoms with Gasteiger partial charge in [0.05, 0.1) is 0 Å². The molecule has 1 atom stereocenters. The lowest BCUT2D eigenvalue weighted by atomic mass is 9.94. The predicted molar refractivity (Wildman–Crippen MR) is 56.4 cm³/mol. The lowest BCUT2D eigenvalue weighted by Crippen LogP contribution is -2.27. The quantitative estimate of drug-likeness (QED) is 0.723. The van der Waals surface area contributed by atoms with E-state index in [1.807, 2.05) is 24.3 Å². The van der Waals surface area contributed by atoms with E-state index >= 15 is 0 Å². The van der Waals surface area contributed by atoms with Crippen molar-refractivity contribution >= 4 is 6.29 Å². The van der Waals surface area contributed by atoms with Crippen LogP contribution in [0, 0.1) is 0 Å². The van der Waals surface area contributed by atoms with E-state index in [1.165, 1.54) is 12.8 Å². The SMILES string of the molecule is O=Cc1ccccc1C1CCCCN1. The van der Waals surface area contributed by atoms with Gasteiger partial charge in [-0.3, -0.25) is 4.79 Å². The zero-order chi connectivity index (χ0) is 9.80. The average Bonchev–Trinajstić information content (AvgIpc) is 2.30. The van der Waals surface area contributed by atoms with Crippen LogP contribution in [0.25, 0.3) is 0 Å². The molecule has 1 aromatic rings. The molecular formula is C12H15NO. The van der Waals surface area contributed by atoms with E-state index in [2.05, 4.69) is 5.32 Å². The maximum absolute atomic E-state index is 10.8. The van der Waals surface area contributed by atoms with E-state index in [-0.39, 0.29) is 0 Å². The third-order valence-corrected chi connectivity index (χ3v) is 2.81. The van der Waals surface area contributed by atoms with Crippen molar-refractivity contribution in [3.63, 3.8) is 0 Å². The molecule has 2 rings (SSSR count). The Morgan fingerprint density at radius 3 is 2.86 bits per heavy atom. The minimum absolute atomic E-state index is 0.380. The summed E-state index contributed by atoms with van der Waals surface area (Å²) in [6.45, 7) is 1.07. The molecule has 2 nitrogen and oxygen atoms in total. The van der Waals surface area contributed by atoms with E-state index in [0.717, 1.165) is 30.4 Å². The van der Waals surface area contributed by atoms with Crippen LogP contribution in [0.15, 0.2) is 24.3 Å².